The number of ketones is 1. The van der Waals surface area contributed by atoms with Gasteiger partial charge in [0.1, 0.15) is 18.5 Å². The molecule has 2 aliphatic carbocycles. The van der Waals surface area contributed by atoms with Crippen LogP contribution < -0.4 is 19.5 Å². The molecule has 7 nitrogen and oxygen atoms in total. The quantitative estimate of drug-likeness (QED) is 0.620. The van der Waals surface area contributed by atoms with E-state index in [4.69, 9.17) is 9.47 Å². The van der Waals surface area contributed by atoms with Gasteiger partial charge in [-0.3, -0.25) is 4.79 Å². The van der Waals surface area contributed by atoms with Crippen LogP contribution in [0.1, 0.15) is 33.1 Å². The summed E-state index contributed by atoms with van der Waals surface area (Å²) in [4.78, 5) is 12.6. The molecule has 1 aliphatic heterocycles. The van der Waals surface area contributed by atoms with Crippen LogP contribution in [0.5, 0.6) is 11.5 Å². The third-order valence-electron chi connectivity index (χ3n) is 7.14. The SMILES string of the molecule is CC1(C)C2CC[C@@]1(CS(=O)(=O)NCCNCC1COc3ccccc3O1)C(=O)C2. The van der Waals surface area contributed by atoms with Crippen molar-refractivity contribution in [3.63, 3.8) is 0 Å². The first kappa shape index (κ1) is 20.6. The number of Topliss-reactive ketones (excluding diaryl/α,β-unsaturated/α-hetero) is 1. The Kier molecular flexibility index (Phi) is 5.38. The summed E-state index contributed by atoms with van der Waals surface area (Å²) in [5, 5.41) is 3.21. The molecular weight excluding hydrogens is 392 g/mol. The van der Waals surface area contributed by atoms with E-state index in [2.05, 4.69) is 23.9 Å². The Morgan fingerprint density at radius 2 is 1.93 bits per heavy atom. The average molecular weight is 423 g/mol. The Morgan fingerprint density at radius 3 is 2.62 bits per heavy atom. The summed E-state index contributed by atoms with van der Waals surface area (Å²) in [5.74, 6) is 1.81. The first-order chi connectivity index (χ1) is 13.7. The van der Waals surface area contributed by atoms with Crippen LogP contribution in [0.2, 0.25) is 0 Å². The summed E-state index contributed by atoms with van der Waals surface area (Å²) in [6, 6.07) is 7.54. The highest BCUT2D eigenvalue weighted by atomic mass is 32.2. The van der Waals surface area contributed by atoms with Crippen LogP contribution in [0, 0.1) is 16.7 Å². The first-order valence-electron chi connectivity index (χ1n) is 10.3. The molecular formula is C21H30N2O5S. The Morgan fingerprint density at radius 1 is 1.17 bits per heavy atom. The number of carbonyl (C=O) groups excluding carboxylic acids is 1. The third-order valence-corrected chi connectivity index (χ3v) is 8.66. The first-order valence-corrected chi connectivity index (χ1v) is 12.0. The van der Waals surface area contributed by atoms with Crippen molar-refractivity contribution in [1.82, 2.24) is 10.0 Å². The smallest absolute Gasteiger partial charge is 0.212 e. The van der Waals surface area contributed by atoms with E-state index in [0.29, 0.717) is 38.5 Å². The lowest BCUT2D eigenvalue weighted by Crippen LogP contribution is -2.46. The van der Waals surface area contributed by atoms with Crippen LogP contribution >= 0.6 is 0 Å². The lowest BCUT2D eigenvalue weighted by atomic mass is 9.70. The van der Waals surface area contributed by atoms with Gasteiger partial charge < -0.3 is 14.8 Å². The third kappa shape index (κ3) is 3.78. The van der Waals surface area contributed by atoms with Crippen LogP contribution in [0.15, 0.2) is 24.3 Å². The molecule has 3 aliphatic rings. The zero-order chi connectivity index (χ0) is 20.7. The minimum Gasteiger partial charge on any atom is -0.486 e. The number of ether oxygens (including phenoxy) is 2. The van der Waals surface area contributed by atoms with Gasteiger partial charge in [0, 0.05) is 31.5 Å². The molecule has 3 atom stereocenters. The number of hydrogen-bond donors (Lipinski definition) is 2. The van der Waals surface area contributed by atoms with Crippen molar-refractivity contribution in [1.29, 1.82) is 0 Å². The zero-order valence-corrected chi connectivity index (χ0v) is 17.9. The number of hydrogen-bond acceptors (Lipinski definition) is 6. The summed E-state index contributed by atoms with van der Waals surface area (Å²) < 4.78 is 39.5. The van der Waals surface area contributed by atoms with Crippen molar-refractivity contribution in [2.45, 2.75) is 39.2 Å². The number of para-hydroxylation sites is 2. The summed E-state index contributed by atoms with van der Waals surface area (Å²) in [7, 11) is -3.52. The largest absolute Gasteiger partial charge is 0.486 e. The fourth-order valence-electron chi connectivity index (χ4n) is 5.21. The maximum absolute atomic E-state index is 12.7. The van der Waals surface area contributed by atoms with Gasteiger partial charge in [0.05, 0.1) is 5.75 Å². The van der Waals surface area contributed by atoms with Gasteiger partial charge >= 0.3 is 0 Å². The second-order valence-electron chi connectivity index (χ2n) is 9.02. The molecule has 2 saturated carbocycles. The van der Waals surface area contributed by atoms with Crippen LogP contribution in [-0.4, -0.2) is 52.3 Å². The van der Waals surface area contributed by atoms with E-state index in [1.165, 1.54) is 0 Å². The van der Waals surface area contributed by atoms with E-state index in [-0.39, 0.29) is 29.6 Å². The maximum atomic E-state index is 12.7. The number of rotatable bonds is 8. The molecule has 1 aromatic carbocycles. The van der Waals surface area contributed by atoms with Crippen molar-refractivity contribution in [3.8, 4) is 11.5 Å². The molecule has 4 rings (SSSR count). The van der Waals surface area contributed by atoms with Crippen molar-refractivity contribution in [2.75, 3.05) is 32.0 Å². The number of nitrogens with one attached hydrogen (secondary N) is 2. The molecule has 160 valence electrons. The van der Waals surface area contributed by atoms with E-state index in [1.54, 1.807) is 0 Å². The van der Waals surface area contributed by atoms with Crippen LogP contribution in [-0.2, 0) is 14.8 Å². The summed E-state index contributed by atoms with van der Waals surface area (Å²) >= 11 is 0. The van der Waals surface area contributed by atoms with Gasteiger partial charge in [-0.05, 0) is 36.3 Å². The second-order valence-corrected chi connectivity index (χ2v) is 10.8. The number of fused-ring (bicyclic) bond motifs is 3. The summed E-state index contributed by atoms with van der Waals surface area (Å²) in [5.41, 5.74) is -0.969. The Hall–Kier alpha value is -1.64. The van der Waals surface area contributed by atoms with Gasteiger partial charge in [-0.25, -0.2) is 13.1 Å². The minimum atomic E-state index is -3.52. The predicted octanol–water partition coefficient (Wildman–Crippen LogP) is 1.73. The minimum absolute atomic E-state index is 0.0985. The van der Waals surface area contributed by atoms with E-state index in [0.717, 1.165) is 17.9 Å². The topological polar surface area (TPSA) is 93.7 Å². The number of benzene rings is 1. The molecule has 2 bridgehead atoms. The summed E-state index contributed by atoms with van der Waals surface area (Å²) in [6.07, 6.45) is 2.04. The molecule has 0 aromatic heterocycles. The molecule has 1 aromatic rings. The van der Waals surface area contributed by atoms with Crippen LogP contribution in [0.25, 0.3) is 0 Å². The molecule has 0 amide bonds. The van der Waals surface area contributed by atoms with Crippen LogP contribution in [0.3, 0.4) is 0 Å². The molecule has 0 radical (unpaired) electrons. The monoisotopic (exact) mass is 422 g/mol. The van der Waals surface area contributed by atoms with Gasteiger partial charge in [0.25, 0.3) is 0 Å². The van der Waals surface area contributed by atoms with Gasteiger partial charge in [0.2, 0.25) is 10.0 Å². The fourth-order valence-corrected chi connectivity index (χ4v) is 7.05. The molecule has 29 heavy (non-hydrogen) atoms. The Bertz CT molecular complexity index is 885. The predicted molar refractivity (Wildman–Crippen MR) is 110 cm³/mol. The normalized spacial score (nSPS) is 29.9. The molecule has 8 heteroatoms. The van der Waals surface area contributed by atoms with Crippen molar-refractivity contribution in [3.05, 3.63) is 24.3 Å². The van der Waals surface area contributed by atoms with E-state index < -0.39 is 15.4 Å². The fraction of sp³-hybridized carbons (Fsp3) is 0.667. The van der Waals surface area contributed by atoms with E-state index in [9.17, 15) is 13.2 Å². The Labute approximate surface area is 172 Å². The van der Waals surface area contributed by atoms with Crippen molar-refractivity contribution in [2.24, 2.45) is 16.7 Å². The lowest BCUT2D eigenvalue weighted by molar-refractivity contribution is -0.128. The van der Waals surface area contributed by atoms with Gasteiger partial charge in [-0.2, -0.15) is 0 Å². The number of sulfonamides is 1. The molecule has 1 heterocycles. The maximum Gasteiger partial charge on any atom is 0.212 e. The standard InChI is InChI=1S/C21H30N2O5S/c1-20(2)15-7-8-21(20,19(24)11-15)14-29(25,26)23-10-9-22-12-16-13-27-17-5-3-4-6-18(17)28-16/h3-6,15-16,22-23H,7-14H2,1-2H3/t15?,16?,21-/m1/s1. The van der Waals surface area contributed by atoms with Gasteiger partial charge in [-0.1, -0.05) is 26.0 Å². The highest BCUT2D eigenvalue weighted by Crippen LogP contribution is 2.64. The van der Waals surface area contributed by atoms with E-state index >= 15 is 0 Å². The molecule has 0 spiro atoms. The van der Waals surface area contributed by atoms with Crippen molar-refractivity contribution >= 4 is 15.8 Å². The van der Waals surface area contributed by atoms with Crippen molar-refractivity contribution < 1.29 is 22.7 Å². The molecule has 0 saturated heterocycles. The summed E-state index contributed by atoms with van der Waals surface area (Å²) in [6.45, 7) is 5.88. The average Bonchev–Trinajstić information content (AvgIpc) is 3.01. The second kappa shape index (κ2) is 7.56. The zero-order valence-electron chi connectivity index (χ0n) is 17.1. The molecule has 2 unspecified atom stereocenters. The highest BCUT2D eigenvalue weighted by Gasteiger charge is 2.65. The van der Waals surface area contributed by atoms with E-state index in [1.807, 2.05) is 24.3 Å². The van der Waals surface area contributed by atoms with Gasteiger partial charge in [0.15, 0.2) is 11.5 Å². The van der Waals surface area contributed by atoms with Gasteiger partial charge in [-0.15, -0.1) is 0 Å². The number of carbonyl (C=O) groups is 1. The Balaban J connectivity index is 1.22. The highest BCUT2D eigenvalue weighted by molar-refractivity contribution is 7.89. The van der Waals surface area contributed by atoms with Crippen LogP contribution in [0.4, 0.5) is 0 Å². The lowest BCUT2D eigenvalue weighted by Gasteiger charge is -2.36. The molecule has 2 N–H and O–H groups in total. The molecule has 2 fully saturated rings.